The van der Waals surface area contributed by atoms with Gasteiger partial charge in [0.05, 0.1) is 0 Å². The molecule has 0 bridgehead atoms. The molecule has 0 atom stereocenters. The first-order chi connectivity index (χ1) is 13.1. The highest BCUT2D eigenvalue weighted by Crippen LogP contribution is 2.25. The first-order valence-corrected chi connectivity index (χ1v) is 10.8. The van der Waals surface area contributed by atoms with Crippen LogP contribution in [-0.2, 0) is 12.4 Å². The molecule has 6 heteroatoms. The molecule has 2 aromatic rings. The van der Waals surface area contributed by atoms with Gasteiger partial charge in [-0.3, -0.25) is 9.89 Å². The van der Waals surface area contributed by atoms with Crippen molar-refractivity contribution in [1.82, 2.24) is 9.80 Å². The van der Waals surface area contributed by atoms with E-state index in [9.17, 15) is 0 Å². The van der Waals surface area contributed by atoms with Crippen LogP contribution < -0.4 is 0 Å². The SMILES string of the molecule is C/N=C(\Sc1cccc(Cl)c1)N1CCN(Cc2cc(C)cc(CCl)c2)CC1. The van der Waals surface area contributed by atoms with Gasteiger partial charge in [0.2, 0.25) is 0 Å². The summed E-state index contributed by atoms with van der Waals surface area (Å²) in [6.45, 7) is 7.12. The summed E-state index contributed by atoms with van der Waals surface area (Å²) in [6.07, 6.45) is 0. The molecule has 1 aliphatic rings. The summed E-state index contributed by atoms with van der Waals surface area (Å²) in [6, 6.07) is 14.6. The van der Waals surface area contributed by atoms with Crippen LogP contribution in [0, 0.1) is 6.92 Å². The van der Waals surface area contributed by atoms with Crippen molar-refractivity contribution in [2.45, 2.75) is 24.2 Å². The number of hydrogen-bond acceptors (Lipinski definition) is 3. The van der Waals surface area contributed by atoms with E-state index in [0.717, 1.165) is 47.8 Å². The predicted octanol–water partition coefficient (Wildman–Crippen LogP) is 5.28. The summed E-state index contributed by atoms with van der Waals surface area (Å²) >= 11 is 13.8. The fraction of sp³-hybridized carbons (Fsp3) is 0.381. The van der Waals surface area contributed by atoms with Gasteiger partial charge in [-0.15, -0.1) is 11.6 Å². The first kappa shape index (κ1) is 20.5. The zero-order valence-corrected chi connectivity index (χ0v) is 18.1. The number of aliphatic imine (C=N–C) groups is 1. The number of hydrogen-bond donors (Lipinski definition) is 0. The van der Waals surface area contributed by atoms with Gasteiger partial charge in [0, 0.05) is 55.6 Å². The Morgan fingerprint density at radius 2 is 1.81 bits per heavy atom. The van der Waals surface area contributed by atoms with E-state index in [0.29, 0.717) is 5.88 Å². The lowest BCUT2D eigenvalue weighted by atomic mass is 10.1. The maximum Gasteiger partial charge on any atom is 0.163 e. The Morgan fingerprint density at radius 1 is 1.07 bits per heavy atom. The number of rotatable bonds is 4. The number of halogens is 2. The van der Waals surface area contributed by atoms with E-state index in [1.165, 1.54) is 16.7 Å². The zero-order valence-electron chi connectivity index (χ0n) is 15.8. The summed E-state index contributed by atoms with van der Waals surface area (Å²) in [4.78, 5) is 10.5. The van der Waals surface area contributed by atoms with Crippen LogP contribution in [-0.4, -0.2) is 48.2 Å². The number of nitrogens with zero attached hydrogens (tertiary/aromatic N) is 3. The number of aryl methyl sites for hydroxylation is 1. The Bertz CT molecular complexity index is 802. The van der Waals surface area contributed by atoms with Gasteiger partial charge in [-0.2, -0.15) is 0 Å². The summed E-state index contributed by atoms with van der Waals surface area (Å²) in [5.74, 6) is 0.569. The van der Waals surface area contributed by atoms with Gasteiger partial charge in [0.15, 0.2) is 5.17 Å². The minimum atomic E-state index is 0.569. The summed E-state index contributed by atoms with van der Waals surface area (Å²) in [7, 11) is 1.86. The highest BCUT2D eigenvalue weighted by atomic mass is 35.5. The fourth-order valence-corrected chi connectivity index (χ4v) is 4.71. The lowest BCUT2D eigenvalue weighted by molar-refractivity contribution is 0.177. The molecule has 0 aromatic heterocycles. The first-order valence-electron chi connectivity index (χ1n) is 9.10. The van der Waals surface area contributed by atoms with Crippen LogP contribution in [0.3, 0.4) is 0 Å². The van der Waals surface area contributed by atoms with E-state index < -0.39 is 0 Å². The van der Waals surface area contributed by atoms with Gasteiger partial charge in [-0.05, 0) is 36.2 Å². The third-order valence-electron chi connectivity index (χ3n) is 4.60. The van der Waals surface area contributed by atoms with Crippen molar-refractivity contribution < 1.29 is 0 Å². The molecule has 0 amide bonds. The molecule has 1 fully saturated rings. The third-order valence-corrected chi connectivity index (χ3v) is 6.25. The normalized spacial score (nSPS) is 16.0. The van der Waals surface area contributed by atoms with E-state index >= 15 is 0 Å². The topological polar surface area (TPSA) is 18.8 Å². The van der Waals surface area contributed by atoms with E-state index in [-0.39, 0.29) is 0 Å². The van der Waals surface area contributed by atoms with E-state index in [1.807, 2.05) is 25.2 Å². The molecular weight excluding hydrogens is 397 g/mol. The van der Waals surface area contributed by atoms with Crippen LogP contribution >= 0.6 is 35.0 Å². The molecule has 0 aliphatic carbocycles. The number of alkyl halides is 1. The molecular formula is C21H25Cl2N3S. The quantitative estimate of drug-likeness (QED) is 0.289. The van der Waals surface area contributed by atoms with Crippen molar-refractivity contribution in [3.8, 4) is 0 Å². The van der Waals surface area contributed by atoms with Crippen molar-refractivity contribution in [2.75, 3.05) is 33.2 Å². The minimum absolute atomic E-state index is 0.569. The largest absolute Gasteiger partial charge is 0.349 e. The van der Waals surface area contributed by atoms with E-state index in [2.05, 4.69) is 46.0 Å². The molecule has 0 radical (unpaired) electrons. The van der Waals surface area contributed by atoms with Gasteiger partial charge in [0.1, 0.15) is 0 Å². The van der Waals surface area contributed by atoms with Gasteiger partial charge in [0.25, 0.3) is 0 Å². The van der Waals surface area contributed by atoms with Crippen molar-refractivity contribution in [3.05, 3.63) is 64.2 Å². The molecule has 1 saturated heterocycles. The fourth-order valence-electron chi connectivity index (χ4n) is 3.36. The lowest BCUT2D eigenvalue weighted by Crippen LogP contribution is -2.47. The molecule has 3 rings (SSSR count). The minimum Gasteiger partial charge on any atom is -0.349 e. The average molecular weight is 422 g/mol. The zero-order chi connectivity index (χ0) is 19.2. The second-order valence-electron chi connectivity index (χ2n) is 6.79. The molecule has 27 heavy (non-hydrogen) atoms. The average Bonchev–Trinajstić information content (AvgIpc) is 2.66. The van der Waals surface area contributed by atoms with E-state index in [4.69, 9.17) is 23.2 Å². The van der Waals surface area contributed by atoms with Gasteiger partial charge < -0.3 is 4.90 Å². The highest BCUT2D eigenvalue weighted by molar-refractivity contribution is 8.13. The Kier molecular flexibility index (Phi) is 7.48. The van der Waals surface area contributed by atoms with Crippen molar-refractivity contribution >= 4 is 40.1 Å². The Hall–Kier alpha value is -1.20. The van der Waals surface area contributed by atoms with Crippen LogP contribution in [0.4, 0.5) is 0 Å². The van der Waals surface area contributed by atoms with Crippen LogP contribution in [0.5, 0.6) is 0 Å². The Balaban J connectivity index is 1.57. The van der Waals surface area contributed by atoms with Crippen LogP contribution in [0.1, 0.15) is 16.7 Å². The van der Waals surface area contributed by atoms with Crippen molar-refractivity contribution in [1.29, 1.82) is 0 Å². The van der Waals surface area contributed by atoms with Crippen molar-refractivity contribution in [3.63, 3.8) is 0 Å². The molecule has 1 heterocycles. The molecule has 0 N–H and O–H groups in total. The Labute approximate surface area is 176 Å². The van der Waals surface area contributed by atoms with Crippen LogP contribution in [0.25, 0.3) is 0 Å². The van der Waals surface area contributed by atoms with Gasteiger partial charge >= 0.3 is 0 Å². The van der Waals surface area contributed by atoms with Gasteiger partial charge in [-0.25, -0.2) is 0 Å². The maximum absolute atomic E-state index is 6.10. The number of benzene rings is 2. The molecule has 3 nitrogen and oxygen atoms in total. The number of thioether (sulfide) groups is 1. The molecule has 1 aliphatic heterocycles. The molecule has 0 unspecified atom stereocenters. The van der Waals surface area contributed by atoms with Gasteiger partial charge in [-0.1, -0.05) is 53.2 Å². The predicted molar refractivity (Wildman–Crippen MR) is 118 cm³/mol. The second-order valence-corrected chi connectivity index (χ2v) is 8.53. The highest BCUT2D eigenvalue weighted by Gasteiger charge is 2.20. The molecule has 2 aromatic carbocycles. The summed E-state index contributed by atoms with van der Waals surface area (Å²) in [5.41, 5.74) is 3.82. The smallest absolute Gasteiger partial charge is 0.163 e. The van der Waals surface area contributed by atoms with Crippen LogP contribution in [0.2, 0.25) is 5.02 Å². The molecule has 0 saturated carbocycles. The van der Waals surface area contributed by atoms with Crippen molar-refractivity contribution in [2.24, 2.45) is 4.99 Å². The molecule has 0 spiro atoms. The second kappa shape index (κ2) is 9.83. The number of piperazine rings is 1. The standard InChI is InChI=1S/C21H25Cl2N3S/c1-16-10-17(14-22)12-18(11-16)15-25-6-8-26(9-7-25)21(24-2)27-20-5-3-4-19(23)13-20/h3-5,10-13H,6-9,14-15H2,1-2H3/b24-21-. The maximum atomic E-state index is 6.10. The summed E-state index contributed by atoms with van der Waals surface area (Å²) in [5, 5.41) is 1.81. The lowest BCUT2D eigenvalue weighted by Gasteiger charge is -2.36. The Morgan fingerprint density at radius 3 is 2.48 bits per heavy atom. The van der Waals surface area contributed by atoms with E-state index in [1.54, 1.807) is 11.8 Å². The number of amidine groups is 1. The summed E-state index contributed by atoms with van der Waals surface area (Å²) < 4.78 is 0. The molecule has 144 valence electrons. The van der Waals surface area contributed by atoms with Crippen LogP contribution in [0.15, 0.2) is 52.4 Å². The third kappa shape index (κ3) is 5.89. The monoisotopic (exact) mass is 421 g/mol.